The summed E-state index contributed by atoms with van der Waals surface area (Å²) in [7, 11) is 1.66. The van der Waals surface area contributed by atoms with E-state index in [4.69, 9.17) is 11.6 Å². The number of benzene rings is 2. The second kappa shape index (κ2) is 9.07. The molecule has 6 heteroatoms. The molecule has 1 atom stereocenters. The lowest BCUT2D eigenvalue weighted by molar-refractivity contribution is 0.282. The Bertz CT molecular complexity index is 1090. The third-order valence-electron chi connectivity index (χ3n) is 5.11. The fraction of sp³-hybridized carbons (Fsp3) is 0.217. The molecule has 0 spiro atoms. The number of hydrogen-bond acceptors (Lipinski definition) is 4. The highest BCUT2D eigenvalue weighted by molar-refractivity contribution is 6.30. The minimum Gasteiger partial charge on any atom is -0.411 e. The van der Waals surface area contributed by atoms with E-state index in [1.807, 2.05) is 49.4 Å². The summed E-state index contributed by atoms with van der Waals surface area (Å²) in [6.07, 6.45) is 2.09. The van der Waals surface area contributed by atoms with Crippen LogP contribution in [-0.4, -0.2) is 20.6 Å². The third-order valence-corrected chi connectivity index (χ3v) is 5.34. The number of rotatable bonds is 6. The average Bonchev–Trinajstić information content (AvgIpc) is 2.72. The van der Waals surface area contributed by atoms with Crippen LogP contribution in [-0.2, 0) is 13.7 Å². The number of aliphatic hydroxyl groups excluding tert-OH is 1. The summed E-state index contributed by atoms with van der Waals surface area (Å²) in [4.78, 5) is 11.7. The van der Waals surface area contributed by atoms with Crippen LogP contribution in [0.4, 0.5) is 0 Å². The van der Waals surface area contributed by atoms with E-state index in [0.717, 1.165) is 22.3 Å². The Morgan fingerprint density at radius 3 is 2.45 bits per heavy atom. The molecule has 29 heavy (non-hydrogen) atoms. The van der Waals surface area contributed by atoms with Crippen LogP contribution in [0.3, 0.4) is 0 Å². The number of halogens is 1. The molecule has 1 unspecified atom stereocenters. The van der Waals surface area contributed by atoms with Gasteiger partial charge >= 0.3 is 0 Å². The van der Waals surface area contributed by atoms with Gasteiger partial charge in [0.15, 0.2) is 0 Å². The number of aryl methyl sites for hydroxylation is 2. The molecule has 0 bridgehead atoms. The highest BCUT2D eigenvalue weighted by Gasteiger charge is 2.21. The minimum absolute atomic E-state index is 0.0215. The summed E-state index contributed by atoms with van der Waals surface area (Å²) in [5, 5.41) is 23.3. The Balaban J connectivity index is 2.05. The van der Waals surface area contributed by atoms with Crippen LogP contribution in [0.1, 0.15) is 40.2 Å². The zero-order chi connectivity index (χ0) is 21.0. The first-order valence-corrected chi connectivity index (χ1v) is 9.64. The van der Waals surface area contributed by atoms with E-state index in [0.29, 0.717) is 22.7 Å². The molecule has 3 aromatic rings. The summed E-state index contributed by atoms with van der Waals surface area (Å²) in [5.41, 5.74) is 4.98. The standard InChI is InChI=1S/C23H23ClN2O3/c1-15-11-19(24)8-9-20(15)21(17-5-3-16(14-27)4-6-17)12-22(25-29)18-7-10-23(28)26(2)13-18/h3-11,13,21,27,29H,12,14H2,1-2H3. The Labute approximate surface area is 174 Å². The van der Waals surface area contributed by atoms with Crippen LogP contribution in [0.2, 0.25) is 5.02 Å². The predicted octanol–water partition coefficient (Wildman–Crippen LogP) is 4.24. The lowest BCUT2D eigenvalue weighted by Gasteiger charge is -2.21. The first-order valence-electron chi connectivity index (χ1n) is 9.26. The van der Waals surface area contributed by atoms with Gasteiger partial charge in [0.2, 0.25) is 5.56 Å². The van der Waals surface area contributed by atoms with Gasteiger partial charge in [-0.1, -0.05) is 47.1 Å². The Morgan fingerprint density at radius 1 is 1.14 bits per heavy atom. The molecule has 0 aliphatic carbocycles. The molecule has 0 aliphatic rings. The lowest BCUT2D eigenvalue weighted by atomic mass is 9.83. The lowest BCUT2D eigenvalue weighted by Crippen LogP contribution is -2.18. The van der Waals surface area contributed by atoms with Gasteiger partial charge in [0.05, 0.1) is 12.3 Å². The molecule has 0 radical (unpaired) electrons. The SMILES string of the molecule is Cc1cc(Cl)ccc1C(CC(=NO)c1ccc(=O)n(C)c1)c1ccc(CO)cc1. The van der Waals surface area contributed by atoms with Crippen LogP contribution >= 0.6 is 11.6 Å². The largest absolute Gasteiger partial charge is 0.411 e. The van der Waals surface area contributed by atoms with E-state index in [1.54, 1.807) is 19.3 Å². The summed E-state index contributed by atoms with van der Waals surface area (Å²) >= 11 is 6.14. The van der Waals surface area contributed by atoms with E-state index in [2.05, 4.69) is 5.16 Å². The molecular formula is C23H23ClN2O3. The molecule has 0 fully saturated rings. The van der Waals surface area contributed by atoms with Crippen LogP contribution in [0.25, 0.3) is 0 Å². The van der Waals surface area contributed by atoms with Crippen LogP contribution in [0, 0.1) is 6.92 Å². The third kappa shape index (κ3) is 4.75. The van der Waals surface area contributed by atoms with E-state index >= 15 is 0 Å². The summed E-state index contributed by atoms with van der Waals surface area (Å²) in [6.45, 7) is 1.98. The fourth-order valence-electron chi connectivity index (χ4n) is 3.47. The van der Waals surface area contributed by atoms with Crippen LogP contribution < -0.4 is 5.56 Å². The summed E-state index contributed by atoms with van der Waals surface area (Å²) in [6, 6.07) is 16.6. The second-order valence-electron chi connectivity index (χ2n) is 7.07. The maximum absolute atomic E-state index is 11.7. The number of oxime groups is 1. The first-order chi connectivity index (χ1) is 13.9. The molecule has 3 rings (SSSR count). The summed E-state index contributed by atoms with van der Waals surface area (Å²) < 4.78 is 1.46. The molecule has 1 heterocycles. The molecule has 150 valence electrons. The molecular weight excluding hydrogens is 388 g/mol. The smallest absolute Gasteiger partial charge is 0.250 e. The van der Waals surface area contributed by atoms with Gasteiger partial charge in [0, 0.05) is 42.2 Å². The normalized spacial score (nSPS) is 12.8. The molecule has 2 aromatic carbocycles. The van der Waals surface area contributed by atoms with Crippen molar-refractivity contribution in [3.8, 4) is 0 Å². The maximum atomic E-state index is 11.7. The van der Waals surface area contributed by atoms with Gasteiger partial charge in [0.1, 0.15) is 0 Å². The molecule has 0 saturated heterocycles. The van der Waals surface area contributed by atoms with Gasteiger partial charge in [-0.15, -0.1) is 0 Å². The van der Waals surface area contributed by atoms with Gasteiger partial charge in [0.25, 0.3) is 0 Å². The van der Waals surface area contributed by atoms with Gasteiger partial charge in [-0.3, -0.25) is 4.79 Å². The van der Waals surface area contributed by atoms with Gasteiger partial charge < -0.3 is 14.9 Å². The average molecular weight is 411 g/mol. The van der Waals surface area contributed by atoms with Crippen molar-refractivity contribution in [2.24, 2.45) is 12.2 Å². The Morgan fingerprint density at radius 2 is 1.86 bits per heavy atom. The van der Waals surface area contributed by atoms with Crippen molar-refractivity contribution in [2.75, 3.05) is 0 Å². The van der Waals surface area contributed by atoms with E-state index in [1.165, 1.54) is 10.6 Å². The number of nitrogens with zero attached hydrogens (tertiary/aromatic N) is 2. The van der Waals surface area contributed by atoms with Crippen molar-refractivity contribution in [2.45, 2.75) is 25.9 Å². The van der Waals surface area contributed by atoms with Crippen molar-refractivity contribution in [1.82, 2.24) is 4.57 Å². The fourth-order valence-corrected chi connectivity index (χ4v) is 3.69. The summed E-state index contributed by atoms with van der Waals surface area (Å²) in [5.74, 6) is -0.0943. The molecule has 2 N–H and O–H groups in total. The molecule has 1 aromatic heterocycles. The van der Waals surface area contributed by atoms with Crippen molar-refractivity contribution in [3.05, 3.63) is 104 Å². The quantitative estimate of drug-likeness (QED) is 0.362. The van der Waals surface area contributed by atoms with Crippen molar-refractivity contribution in [3.63, 3.8) is 0 Å². The van der Waals surface area contributed by atoms with Gasteiger partial charge in [-0.25, -0.2) is 0 Å². The van der Waals surface area contributed by atoms with Crippen molar-refractivity contribution in [1.29, 1.82) is 0 Å². The molecule has 0 aliphatic heterocycles. The topological polar surface area (TPSA) is 74.8 Å². The van der Waals surface area contributed by atoms with Crippen LogP contribution in [0.15, 0.2) is 70.7 Å². The van der Waals surface area contributed by atoms with E-state index < -0.39 is 0 Å². The van der Waals surface area contributed by atoms with Crippen molar-refractivity contribution >= 4 is 17.3 Å². The van der Waals surface area contributed by atoms with Crippen molar-refractivity contribution < 1.29 is 10.3 Å². The monoisotopic (exact) mass is 410 g/mol. The Hall–Kier alpha value is -2.89. The number of aromatic nitrogens is 1. The number of aliphatic hydroxyl groups is 1. The van der Waals surface area contributed by atoms with Crippen LogP contribution in [0.5, 0.6) is 0 Å². The Kier molecular flexibility index (Phi) is 6.52. The minimum atomic E-state index is -0.129. The maximum Gasteiger partial charge on any atom is 0.250 e. The van der Waals surface area contributed by atoms with E-state index in [9.17, 15) is 15.1 Å². The van der Waals surface area contributed by atoms with E-state index in [-0.39, 0.29) is 18.1 Å². The second-order valence-corrected chi connectivity index (χ2v) is 7.51. The zero-order valence-electron chi connectivity index (χ0n) is 16.3. The number of hydrogen-bond donors (Lipinski definition) is 2. The van der Waals surface area contributed by atoms with Gasteiger partial charge in [-0.05, 0) is 47.4 Å². The zero-order valence-corrected chi connectivity index (χ0v) is 17.1. The predicted molar refractivity (Wildman–Crippen MR) is 115 cm³/mol. The highest BCUT2D eigenvalue weighted by Crippen LogP contribution is 2.33. The highest BCUT2D eigenvalue weighted by atomic mass is 35.5. The first kappa shape index (κ1) is 20.8. The molecule has 0 amide bonds. The molecule has 5 nitrogen and oxygen atoms in total. The number of pyridine rings is 1. The van der Waals surface area contributed by atoms with Gasteiger partial charge in [-0.2, -0.15) is 0 Å². The molecule has 0 saturated carbocycles.